The fourth-order valence-electron chi connectivity index (χ4n) is 2.99. The maximum absolute atomic E-state index is 11.5. The first kappa shape index (κ1) is 14.6. The molecule has 2 saturated heterocycles. The van der Waals surface area contributed by atoms with E-state index in [9.17, 15) is 4.79 Å². The zero-order valence-electron chi connectivity index (χ0n) is 12.1. The molecule has 5 nitrogen and oxygen atoms in total. The summed E-state index contributed by atoms with van der Waals surface area (Å²) in [4.78, 5) is 11.5. The van der Waals surface area contributed by atoms with E-state index < -0.39 is 11.7 Å². The summed E-state index contributed by atoms with van der Waals surface area (Å²) in [6.07, 6.45) is 4.88. The SMILES string of the molecule is CC(C)(C)OC(=O)NCC(N)CC1CC2CCC1O2. The molecule has 2 fully saturated rings. The number of carbonyl (C=O) groups is 1. The highest BCUT2D eigenvalue weighted by atomic mass is 16.6. The second-order valence-corrected chi connectivity index (χ2v) is 6.75. The van der Waals surface area contributed by atoms with Crippen molar-refractivity contribution in [3.63, 3.8) is 0 Å². The van der Waals surface area contributed by atoms with Gasteiger partial charge in [0, 0.05) is 12.6 Å². The van der Waals surface area contributed by atoms with E-state index in [1.165, 1.54) is 12.8 Å². The van der Waals surface area contributed by atoms with E-state index in [0.29, 0.717) is 24.7 Å². The molecule has 2 aliphatic rings. The minimum absolute atomic E-state index is 0.0273. The van der Waals surface area contributed by atoms with E-state index in [1.807, 2.05) is 20.8 Å². The van der Waals surface area contributed by atoms with Crippen LogP contribution >= 0.6 is 0 Å². The first-order valence-corrected chi connectivity index (χ1v) is 7.21. The number of nitrogens with one attached hydrogen (secondary N) is 1. The fraction of sp³-hybridized carbons (Fsp3) is 0.929. The molecule has 2 aliphatic heterocycles. The Hall–Kier alpha value is -0.810. The standard InChI is InChI=1S/C14H26N2O3/c1-14(2,3)19-13(17)16-8-10(15)6-9-7-11-4-5-12(9)18-11/h9-12H,4-8,15H2,1-3H3,(H,16,17). The first-order valence-electron chi connectivity index (χ1n) is 7.21. The normalized spacial score (nSPS) is 31.3. The summed E-state index contributed by atoms with van der Waals surface area (Å²) < 4.78 is 11.0. The van der Waals surface area contributed by atoms with Gasteiger partial charge in [-0.15, -0.1) is 0 Å². The largest absolute Gasteiger partial charge is 0.444 e. The molecule has 0 aliphatic carbocycles. The van der Waals surface area contributed by atoms with Crippen molar-refractivity contribution in [2.75, 3.05) is 6.54 Å². The Labute approximate surface area is 115 Å². The molecule has 4 atom stereocenters. The van der Waals surface area contributed by atoms with Gasteiger partial charge in [0.2, 0.25) is 0 Å². The summed E-state index contributed by atoms with van der Waals surface area (Å²) in [5.41, 5.74) is 5.61. The van der Waals surface area contributed by atoms with Crippen molar-refractivity contribution in [2.45, 2.75) is 70.3 Å². The van der Waals surface area contributed by atoms with Gasteiger partial charge in [0.1, 0.15) is 5.60 Å². The van der Waals surface area contributed by atoms with Crippen molar-refractivity contribution < 1.29 is 14.3 Å². The molecule has 0 aromatic rings. The topological polar surface area (TPSA) is 73.6 Å². The van der Waals surface area contributed by atoms with E-state index in [2.05, 4.69) is 5.32 Å². The summed E-state index contributed by atoms with van der Waals surface area (Å²) in [5.74, 6) is 0.564. The second kappa shape index (κ2) is 5.67. The number of hydrogen-bond donors (Lipinski definition) is 2. The summed E-state index contributed by atoms with van der Waals surface area (Å²) in [6.45, 7) is 6.00. The number of amides is 1. The van der Waals surface area contributed by atoms with Gasteiger partial charge >= 0.3 is 6.09 Å². The van der Waals surface area contributed by atoms with Gasteiger partial charge in [0.05, 0.1) is 12.2 Å². The Kier molecular flexibility index (Phi) is 4.36. The van der Waals surface area contributed by atoms with Crippen LogP contribution in [0.4, 0.5) is 4.79 Å². The van der Waals surface area contributed by atoms with E-state index >= 15 is 0 Å². The molecule has 3 N–H and O–H groups in total. The molecule has 0 saturated carbocycles. The van der Waals surface area contributed by atoms with Crippen LogP contribution in [-0.2, 0) is 9.47 Å². The van der Waals surface area contributed by atoms with Crippen molar-refractivity contribution in [1.29, 1.82) is 0 Å². The molecule has 0 aromatic heterocycles. The van der Waals surface area contributed by atoms with Crippen molar-refractivity contribution in [3.8, 4) is 0 Å². The predicted octanol–water partition coefficient (Wildman–Crippen LogP) is 1.80. The molecule has 2 bridgehead atoms. The van der Waals surface area contributed by atoms with Crippen LogP contribution in [0.5, 0.6) is 0 Å². The zero-order chi connectivity index (χ0) is 14.0. The quantitative estimate of drug-likeness (QED) is 0.817. The third-order valence-electron chi connectivity index (χ3n) is 3.74. The lowest BCUT2D eigenvalue weighted by Crippen LogP contribution is -2.41. The first-order chi connectivity index (χ1) is 8.83. The van der Waals surface area contributed by atoms with Crippen LogP contribution < -0.4 is 11.1 Å². The van der Waals surface area contributed by atoms with Crippen LogP contribution in [0.25, 0.3) is 0 Å². The van der Waals surface area contributed by atoms with E-state index in [4.69, 9.17) is 15.2 Å². The summed E-state index contributed by atoms with van der Waals surface area (Å²) >= 11 is 0. The van der Waals surface area contributed by atoms with Crippen molar-refractivity contribution >= 4 is 6.09 Å². The van der Waals surface area contributed by atoms with Crippen LogP contribution in [0.3, 0.4) is 0 Å². The molecule has 110 valence electrons. The van der Waals surface area contributed by atoms with Crippen LogP contribution in [0.1, 0.15) is 46.5 Å². The van der Waals surface area contributed by atoms with Gasteiger partial charge in [-0.2, -0.15) is 0 Å². The van der Waals surface area contributed by atoms with Crippen LogP contribution in [0.15, 0.2) is 0 Å². The maximum atomic E-state index is 11.5. The van der Waals surface area contributed by atoms with Gasteiger partial charge < -0.3 is 20.5 Å². The van der Waals surface area contributed by atoms with Crippen LogP contribution in [0.2, 0.25) is 0 Å². The Morgan fingerprint density at radius 1 is 1.47 bits per heavy atom. The minimum Gasteiger partial charge on any atom is -0.444 e. The smallest absolute Gasteiger partial charge is 0.407 e. The second-order valence-electron chi connectivity index (χ2n) is 6.75. The van der Waals surface area contributed by atoms with Crippen LogP contribution in [0, 0.1) is 5.92 Å². The van der Waals surface area contributed by atoms with Gasteiger partial charge in [-0.25, -0.2) is 4.79 Å². The number of carbonyl (C=O) groups excluding carboxylic acids is 1. The van der Waals surface area contributed by atoms with E-state index in [-0.39, 0.29) is 6.04 Å². The highest BCUT2D eigenvalue weighted by molar-refractivity contribution is 5.67. The Balaban J connectivity index is 1.65. The maximum Gasteiger partial charge on any atom is 0.407 e. The van der Waals surface area contributed by atoms with Gasteiger partial charge in [-0.1, -0.05) is 0 Å². The third kappa shape index (κ3) is 4.35. The van der Waals surface area contributed by atoms with Gasteiger partial charge in [-0.3, -0.25) is 0 Å². The van der Waals surface area contributed by atoms with E-state index in [1.54, 1.807) is 0 Å². The van der Waals surface area contributed by atoms with Crippen molar-refractivity contribution in [1.82, 2.24) is 5.32 Å². The number of alkyl carbamates (subject to hydrolysis) is 1. The molecule has 2 heterocycles. The van der Waals surface area contributed by atoms with E-state index in [0.717, 1.165) is 12.8 Å². The highest BCUT2D eigenvalue weighted by Gasteiger charge is 2.40. The predicted molar refractivity (Wildman–Crippen MR) is 72.8 cm³/mol. The number of nitrogens with two attached hydrogens (primary N) is 1. The lowest BCUT2D eigenvalue weighted by molar-refractivity contribution is 0.0521. The molecule has 0 radical (unpaired) electrons. The fourth-order valence-corrected chi connectivity index (χ4v) is 2.99. The number of fused-ring (bicyclic) bond motifs is 2. The average molecular weight is 270 g/mol. The molecule has 2 rings (SSSR count). The minimum atomic E-state index is -0.466. The molecular weight excluding hydrogens is 244 g/mol. The number of ether oxygens (including phenoxy) is 2. The third-order valence-corrected chi connectivity index (χ3v) is 3.74. The number of rotatable bonds is 4. The molecule has 0 aromatic carbocycles. The Bertz CT molecular complexity index is 327. The Morgan fingerprint density at radius 2 is 2.21 bits per heavy atom. The molecule has 1 amide bonds. The van der Waals surface area contributed by atoms with Gasteiger partial charge in [-0.05, 0) is 52.4 Å². The molecule has 5 heteroatoms. The monoisotopic (exact) mass is 270 g/mol. The molecular formula is C14H26N2O3. The van der Waals surface area contributed by atoms with Crippen molar-refractivity contribution in [2.24, 2.45) is 11.7 Å². The van der Waals surface area contributed by atoms with Gasteiger partial charge in [0.25, 0.3) is 0 Å². The van der Waals surface area contributed by atoms with Crippen LogP contribution in [-0.4, -0.2) is 36.5 Å². The average Bonchev–Trinajstić information content (AvgIpc) is 2.85. The van der Waals surface area contributed by atoms with Gasteiger partial charge in [0.15, 0.2) is 0 Å². The summed E-state index contributed by atoms with van der Waals surface area (Å²) in [7, 11) is 0. The highest BCUT2D eigenvalue weighted by Crippen LogP contribution is 2.40. The number of hydrogen-bond acceptors (Lipinski definition) is 4. The zero-order valence-corrected chi connectivity index (χ0v) is 12.1. The molecule has 4 unspecified atom stereocenters. The van der Waals surface area contributed by atoms with Crippen molar-refractivity contribution in [3.05, 3.63) is 0 Å². The lowest BCUT2D eigenvalue weighted by atomic mass is 9.85. The summed E-state index contributed by atoms with van der Waals surface area (Å²) in [5, 5.41) is 2.73. The summed E-state index contributed by atoms with van der Waals surface area (Å²) in [6, 6.07) is -0.0273. The lowest BCUT2D eigenvalue weighted by Gasteiger charge is -2.23. The molecule has 0 spiro atoms. The Morgan fingerprint density at radius 3 is 2.74 bits per heavy atom. The molecule has 19 heavy (non-hydrogen) atoms.